The second-order valence-corrected chi connectivity index (χ2v) is 5.72. The van der Waals surface area contributed by atoms with Gasteiger partial charge in [0.1, 0.15) is 11.6 Å². The maximum atomic E-state index is 13.7. The molecule has 2 rings (SSSR count). The fraction of sp³-hybridized carbons (Fsp3) is 0.429. The molecule has 0 fully saturated rings. The predicted molar refractivity (Wildman–Crippen MR) is 73.2 cm³/mol. The zero-order valence-corrected chi connectivity index (χ0v) is 11.4. The molecule has 1 nitrogen and oxygen atoms in total. The SMILES string of the molecule is CC(C)CNCCc1csc2c(F)ccc(F)c12. The maximum Gasteiger partial charge on any atom is 0.141 e. The third-order valence-electron chi connectivity index (χ3n) is 2.82. The van der Waals surface area contributed by atoms with Gasteiger partial charge in [-0.05, 0) is 48.5 Å². The first-order valence-corrected chi connectivity index (χ1v) is 7.02. The molecule has 0 aliphatic carbocycles. The van der Waals surface area contributed by atoms with Crippen molar-refractivity contribution in [2.75, 3.05) is 13.1 Å². The van der Waals surface area contributed by atoms with Crippen molar-refractivity contribution < 1.29 is 8.78 Å². The molecule has 0 amide bonds. The molecule has 0 saturated carbocycles. The smallest absolute Gasteiger partial charge is 0.141 e. The molecule has 1 aromatic carbocycles. The van der Waals surface area contributed by atoms with Gasteiger partial charge in [-0.3, -0.25) is 0 Å². The summed E-state index contributed by atoms with van der Waals surface area (Å²) in [5.41, 5.74) is 0.892. The van der Waals surface area contributed by atoms with E-state index >= 15 is 0 Å². The molecule has 98 valence electrons. The van der Waals surface area contributed by atoms with Crippen LogP contribution in [0, 0.1) is 17.6 Å². The lowest BCUT2D eigenvalue weighted by atomic mass is 10.1. The summed E-state index contributed by atoms with van der Waals surface area (Å²) in [5, 5.41) is 5.62. The molecule has 0 atom stereocenters. The average Bonchev–Trinajstić information content (AvgIpc) is 2.74. The second kappa shape index (κ2) is 5.76. The van der Waals surface area contributed by atoms with Gasteiger partial charge in [0.05, 0.1) is 4.70 Å². The lowest BCUT2D eigenvalue weighted by molar-refractivity contribution is 0.554. The third kappa shape index (κ3) is 2.87. The molecule has 0 radical (unpaired) electrons. The van der Waals surface area contributed by atoms with Crippen LogP contribution < -0.4 is 5.32 Å². The van der Waals surface area contributed by atoms with Crippen LogP contribution in [0.1, 0.15) is 19.4 Å². The van der Waals surface area contributed by atoms with E-state index in [-0.39, 0.29) is 11.6 Å². The third-order valence-corrected chi connectivity index (χ3v) is 3.86. The summed E-state index contributed by atoms with van der Waals surface area (Å²) in [4.78, 5) is 0. The van der Waals surface area contributed by atoms with Crippen molar-refractivity contribution in [3.8, 4) is 0 Å². The van der Waals surface area contributed by atoms with Crippen molar-refractivity contribution >= 4 is 21.4 Å². The Balaban J connectivity index is 2.12. The first-order valence-electron chi connectivity index (χ1n) is 6.14. The first kappa shape index (κ1) is 13.4. The molecule has 0 unspecified atom stereocenters. The van der Waals surface area contributed by atoms with Gasteiger partial charge in [0, 0.05) is 5.39 Å². The van der Waals surface area contributed by atoms with E-state index in [0.29, 0.717) is 16.0 Å². The van der Waals surface area contributed by atoms with E-state index in [1.54, 1.807) is 0 Å². The van der Waals surface area contributed by atoms with Crippen LogP contribution in [-0.4, -0.2) is 13.1 Å². The van der Waals surface area contributed by atoms with Gasteiger partial charge in [-0.2, -0.15) is 0 Å². The highest BCUT2D eigenvalue weighted by Crippen LogP contribution is 2.30. The van der Waals surface area contributed by atoms with E-state index in [1.165, 1.54) is 23.5 Å². The van der Waals surface area contributed by atoms with Gasteiger partial charge >= 0.3 is 0 Å². The number of rotatable bonds is 5. The maximum absolute atomic E-state index is 13.7. The Labute approximate surface area is 110 Å². The molecule has 0 aliphatic rings. The van der Waals surface area contributed by atoms with E-state index in [4.69, 9.17) is 0 Å². The molecule has 0 saturated heterocycles. The summed E-state index contributed by atoms with van der Waals surface area (Å²) < 4.78 is 27.6. The Morgan fingerprint density at radius 3 is 2.67 bits per heavy atom. The lowest BCUT2D eigenvalue weighted by Crippen LogP contribution is -2.22. The fourth-order valence-corrected chi connectivity index (χ4v) is 2.96. The second-order valence-electron chi connectivity index (χ2n) is 4.84. The Hall–Kier alpha value is -1.00. The topological polar surface area (TPSA) is 12.0 Å². The van der Waals surface area contributed by atoms with Crippen LogP contribution in [0.5, 0.6) is 0 Å². The Bertz CT molecular complexity index is 534. The first-order chi connectivity index (χ1) is 8.59. The number of thiophene rings is 1. The van der Waals surface area contributed by atoms with Gasteiger partial charge in [0.2, 0.25) is 0 Å². The summed E-state index contributed by atoms with van der Waals surface area (Å²) in [6.07, 6.45) is 0.729. The standard InChI is InChI=1S/C14H17F2NS/c1-9(2)7-17-6-5-10-8-18-14-12(16)4-3-11(15)13(10)14/h3-4,8-9,17H,5-7H2,1-2H3. The summed E-state index contributed by atoms with van der Waals surface area (Å²) in [6.45, 7) is 6.02. The van der Waals surface area contributed by atoms with Crippen LogP contribution in [0.3, 0.4) is 0 Å². The van der Waals surface area contributed by atoms with Gasteiger partial charge in [-0.25, -0.2) is 8.78 Å². The lowest BCUT2D eigenvalue weighted by Gasteiger charge is -2.07. The Kier molecular flexibility index (Phi) is 4.30. The van der Waals surface area contributed by atoms with Crippen LogP contribution in [0.15, 0.2) is 17.5 Å². The van der Waals surface area contributed by atoms with E-state index in [1.807, 2.05) is 5.38 Å². The highest BCUT2D eigenvalue weighted by atomic mass is 32.1. The zero-order valence-electron chi connectivity index (χ0n) is 10.6. The van der Waals surface area contributed by atoms with E-state index in [2.05, 4.69) is 19.2 Å². The largest absolute Gasteiger partial charge is 0.316 e. The number of halogens is 2. The fourth-order valence-electron chi connectivity index (χ4n) is 1.93. The molecule has 0 bridgehead atoms. The number of fused-ring (bicyclic) bond motifs is 1. The normalized spacial score (nSPS) is 11.6. The quantitative estimate of drug-likeness (QED) is 0.810. The van der Waals surface area contributed by atoms with Crippen molar-refractivity contribution in [2.24, 2.45) is 5.92 Å². The number of nitrogens with one attached hydrogen (secondary N) is 1. The number of hydrogen-bond donors (Lipinski definition) is 1. The molecule has 4 heteroatoms. The van der Waals surface area contributed by atoms with E-state index in [0.717, 1.165) is 25.1 Å². The van der Waals surface area contributed by atoms with Gasteiger partial charge in [0.25, 0.3) is 0 Å². The van der Waals surface area contributed by atoms with Crippen molar-refractivity contribution in [1.82, 2.24) is 5.32 Å². The van der Waals surface area contributed by atoms with Crippen LogP contribution in [-0.2, 0) is 6.42 Å². The van der Waals surface area contributed by atoms with Crippen LogP contribution >= 0.6 is 11.3 Å². The summed E-state index contributed by atoms with van der Waals surface area (Å²) >= 11 is 1.28. The minimum Gasteiger partial charge on any atom is -0.316 e. The van der Waals surface area contributed by atoms with E-state index < -0.39 is 0 Å². The monoisotopic (exact) mass is 269 g/mol. The summed E-state index contributed by atoms with van der Waals surface area (Å²) in [7, 11) is 0. The van der Waals surface area contributed by atoms with Crippen molar-refractivity contribution in [3.05, 3.63) is 34.7 Å². The van der Waals surface area contributed by atoms with Crippen molar-refractivity contribution in [2.45, 2.75) is 20.3 Å². The van der Waals surface area contributed by atoms with Gasteiger partial charge in [-0.1, -0.05) is 13.8 Å². The van der Waals surface area contributed by atoms with Crippen LogP contribution in [0.25, 0.3) is 10.1 Å². The summed E-state index contributed by atoms with van der Waals surface area (Å²) in [6, 6.07) is 2.39. The molecular weight excluding hydrogens is 252 g/mol. The Morgan fingerprint density at radius 2 is 1.94 bits per heavy atom. The predicted octanol–water partition coefficient (Wildman–Crippen LogP) is 3.97. The zero-order chi connectivity index (χ0) is 13.1. The molecule has 1 N–H and O–H groups in total. The molecule has 1 heterocycles. The Morgan fingerprint density at radius 1 is 1.22 bits per heavy atom. The van der Waals surface area contributed by atoms with Gasteiger partial charge in [-0.15, -0.1) is 11.3 Å². The van der Waals surface area contributed by atoms with Crippen molar-refractivity contribution in [1.29, 1.82) is 0 Å². The average molecular weight is 269 g/mol. The molecule has 2 aromatic rings. The number of benzene rings is 1. The minimum atomic E-state index is -0.335. The highest BCUT2D eigenvalue weighted by molar-refractivity contribution is 7.17. The highest BCUT2D eigenvalue weighted by Gasteiger charge is 2.12. The van der Waals surface area contributed by atoms with Crippen LogP contribution in [0.4, 0.5) is 8.78 Å². The molecule has 18 heavy (non-hydrogen) atoms. The molecule has 0 aliphatic heterocycles. The van der Waals surface area contributed by atoms with Gasteiger partial charge < -0.3 is 5.32 Å². The van der Waals surface area contributed by atoms with E-state index in [9.17, 15) is 8.78 Å². The van der Waals surface area contributed by atoms with Crippen LogP contribution in [0.2, 0.25) is 0 Å². The molecular formula is C14H17F2NS. The van der Waals surface area contributed by atoms with Crippen molar-refractivity contribution in [3.63, 3.8) is 0 Å². The molecule has 0 spiro atoms. The minimum absolute atomic E-state index is 0.327. The molecule has 1 aromatic heterocycles. The van der Waals surface area contributed by atoms with Gasteiger partial charge in [0.15, 0.2) is 0 Å². The number of hydrogen-bond acceptors (Lipinski definition) is 2. The summed E-state index contributed by atoms with van der Waals surface area (Å²) in [5.74, 6) is -0.0669.